The van der Waals surface area contributed by atoms with Gasteiger partial charge < -0.3 is 10.2 Å². The van der Waals surface area contributed by atoms with Gasteiger partial charge in [-0.15, -0.1) is 0 Å². The first-order valence-corrected chi connectivity index (χ1v) is 9.49. The largest absolute Gasteiger partial charge is 0.508 e. The van der Waals surface area contributed by atoms with Gasteiger partial charge in [-0.2, -0.15) is 0 Å². The van der Waals surface area contributed by atoms with Crippen molar-refractivity contribution in [2.45, 2.75) is 32.1 Å². The fourth-order valence-corrected chi connectivity index (χ4v) is 3.95. The SMILES string of the molecule is Cc1cc(C2=CCC(c3ccc(O)cc3)CC2)c(-c2ccccc2)cc1O. The molecule has 1 atom stereocenters. The van der Waals surface area contributed by atoms with E-state index >= 15 is 0 Å². The van der Waals surface area contributed by atoms with Gasteiger partial charge in [-0.3, -0.25) is 0 Å². The first-order valence-electron chi connectivity index (χ1n) is 9.49. The van der Waals surface area contributed by atoms with Crippen LogP contribution in [0.4, 0.5) is 0 Å². The topological polar surface area (TPSA) is 40.5 Å². The van der Waals surface area contributed by atoms with Crippen LogP contribution in [0.3, 0.4) is 0 Å². The molecule has 0 spiro atoms. The molecule has 0 fully saturated rings. The molecule has 4 rings (SSSR count). The molecule has 0 aliphatic heterocycles. The quantitative estimate of drug-likeness (QED) is 0.568. The zero-order chi connectivity index (χ0) is 18.8. The Labute approximate surface area is 160 Å². The first kappa shape index (κ1) is 17.4. The van der Waals surface area contributed by atoms with Crippen molar-refractivity contribution in [1.82, 2.24) is 0 Å². The monoisotopic (exact) mass is 356 g/mol. The number of allylic oxidation sites excluding steroid dienone is 2. The van der Waals surface area contributed by atoms with Crippen LogP contribution in [0, 0.1) is 6.92 Å². The standard InChI is InChI=1S/C25H24O2/c1-17-15-23(24(16-25(17)27)20-5-3-2-4-6-20)21-9-7-18(8-10-21)19-11-13-22(26)14-12-19/h2-6,9,11-16,18,26-27H,7-8,10H2,1H3. The molecule has 0 amide bonds. The summed E-state index contributed by atoms with van der Waals surface area (Å²) >= 11 is 0. The van der Waals surface area contributed by atoms with Crippen molar-refractivity contribution in [2.75, 3.05) is 0 Å². The lowest BCUT2D eigenvalue weighted by Crippen LogP contribution is -2.05. The molecule has 1 unspecified atom stereocenters. The third kappa shape index (κ3) is 3.61. The second-order valence-corrected chi connectivity index (χ2v) is 7.34. The van der Waals surface area contributed by atoms with Crippen molar-refractivity contribution in [3.05, 3.63) is 89.5 Å². The predicted octanol–water partition coefficient (Wildman–Crippen LogP) is 6.42. The average molecular weight is 356 g/mol. The van der Waals surface area contributed by atoms with Gasteiger partial charge in [-0.25, -0.2) is 0 Å². The summed E-state index contributed by atoms with van der Waals surface area (Å²) in [6.45, 7) is 1.95. The highest BCUT2D eigenvalue weighted by Gasteiger charge is 2.20. The fraction of sp³-hybridized carbons (Fsp3) is 0.200. The van der Waals surface area contributed by atoms with Gasteiger partial charge in [0.2, 0.25) is 0 Å². The molecule has 136 valence electrons. The summed E-state index contributed by atoms with van der Waals surface area (Å²) in [6, 6.07) is 21.9. The molecule has 2 nitrogen and oxygen atoms in total. The Hall–Kier alpha value is -3.00. The lowest BCUT2D eigenvalue weighted by Gasteiger charge is -2.24. The van der Waals surface area contributed by atoms with Crippen LogP contribution in [0.15, 0.2) is 72.8 Å². The van der Waals surface area contributed by atoms with E-state index in [1.807, 2.05) is 43.3 Å². The van der Waals surface area contributed by atoms with Crippen molar-refractivity contribution in [2.24, 2.45) is 0 Å². The smallest absolute Gasteiger partial charge is 0.119 e. The van der Waals surface area contributed by atoms with Crippen molar-refractivity contribution in [1.29, 1.82) is 0 Å². The van der Waals surface area contributed by atoms with E-state index in [1.165, 1.54) is 16.7 Å². The normalized spacial score (nSPS) is 16.8. The Morgan fingerprint density at radius 2 is 1.59 bits per heavy atom. The number of aryl methyl sites for hydroxylation is 1. The Morgan fingerprint density at radius 1 is 0.852 bits per heavy atom. The summed E-state index contributed by atoms with van der Waals surface area (Å²) in [7, 11) is 0. The van der Waals surface area contributed by atoms with Crippen LogP contribution in [-0.2, 0) is 0 Å². The number of aromatic hydroxyl groups is 2. The number of benzene rings is 3. The minimum Gasteiger partial charge on any atom is -0.508 e. The van der Waals surface area contributed by atoms with Gasteiger partial charge in [-0.05, 0) is 89.8 Å². The molecule has 0 heterocycles. The Kier molecular flexibility index (Phi) is 4.72. The molecule has 2 N–H and O–H groups in total. The predicted molar refractivity (Wildman–Crippen MR) is 111 cm³/mol. The van der Waals surface area contributed by atoms with E-state index in [9.17, 15) is 10.2 Å². The lowest BCUT2D eigenvalue weighted by atomic mass is 9.80. The fourth-order valence-electron chi connectivity index (χ4n) is 3.95. The van der Waals surface area contributed by atoms with Gasteiger partial charge in [0.05, 0.1) is 0 Å². The molecule has 0 saturated heterocycles. The molecule has 27 heavy (non-hydrogen) atoms. The molecule has 0 radical (unpaired) electrons. The first-order chi connectivity index (χ1) is 13.1. The zero-order valence-electron chi connectivity index (χ0n) is 15.5. The van der Waals surface area contributed by atoms with Crippen molar-refractivity contribution >= 4 is 5.57 Å². The second-order valence-electron chi connectivity index (χ2n) is 7.34. The summed E-state index contributed by atoms with van der Waals surface area (Å²) in [5.41, 5.74) is 6.99. The van der Waals surface area contributed by atoms with Gasteiger partial charge in [0.25, 0.3) is 0 Å². The second kappa shape index (κ2) is 7.32. The Balaban J connectivity index is 1.68. The third-order valence-electron chi connectivity index (χ3n) is 5.54. The average Bonchev–Trinajstić information content (AvgIpc) is 2.71. The molecule has 0 bridgehead atoms. The molecule has 1 aliphatic rings. The highest BCUT2D eigenvalue weighted by molar-refractivity contribution is 5.83. The van der Waals surface area contributed by atoms with E-state index in [2.05, 4.69) is 24.3 Å². The van der Waals surface area contributed by atoms with Crippen LogP contribution < -0.4 is 0 Å². The number of hydrogen-bond donors (Lipinski definition) is 2. The summed E-state index contributed by atoms with van der Waals surface area (Å²) in [4.78, 5) is 0. The number of phenolic OH excluding ortho intramolecular Hbond substituents is 2. The molecule has 1 aliphatic carbocycles. The highest BCUT2D eigenvalue weighted by Crippen LogP contribution is 2.41. The summed E-state index contributed by atoms with van der Waals surface area (Å²) in [6.07, 6.45) is 5.44. The Morgan fingerprint density at radius 3 is 2.26 bits per heavy atom. The molecule has 3 aromatic carbocycles. The van der Waals surface area contributed by atoms with E-state index in [0.29, 0.717) is 17.4 Å². The maximum atomic E-state index is 10.3. The van der Waals surface area contributed by atoms with Crippen molar-refractivity contribution < 1.29 is 10.2 Å². The van der Waals surface area contributed by atoms with Gasteiger partial charge >= 0.3 is 0 Å². The maximum absolute atomic E-state index is 10.3. The van der Waals surface area contributed by atoms with E-state index in [4.69, 9.17) is 0 Å². The van der Waals surface area contributed by atoms with E-state index in [-0.39, 0.29) is 0 Å². The number of rotatable bonds is 3. The molecule has 3 aromatic rings. The highest BCUT2D eigenvalue weighted by atomic mass is 16.3. The molecular formula is C25H24O2. The third-order valence-corrected chi connectivity index (χ3v) is 5.54. The van der Waals surface area contributed by atoms with E-state index < -0.39 is 0 Å². The van der Waals surface area contributed by atoms with Crippen LogP contribution >= 0.6 is 0 Å². The minimum absolute atomic E-state index is 0.317. The summed E-state index contributed by atoms with van der Waals surface area (Å²) in [5.74, 6) is 1.15. The van der Waals surface area contributed by atoms with Crippen LogP contribution in [-0.4, -0.2) is 10.2 Å². The van der Waals surface area contributed by atoms with Crippen molar-refractivity contribution in [3.63, 3.8) is 0 Å². The summed E-state index contributed by atoms with van der Waals surface area (Å²) < 4.78 is 0. The van der Waals surface area contributed by atoms with Gasteiger partial charge in [-0.1, -0.05) is 48.5 Å². The number of phenols is 2. The Bertz CT molecular complexity index is 969. The van der Waals surface area contributed by atoms with Crippen molar-refractivity contribution in [3.8, 4) is 22.6 Å². The van der Waals surface area contributed by atoms with Gasteiger partial charge in [0.15, 0.2) is 0 Å². The molecule has 2 heteroatoms. The molecule has 0 aromatic heterocycles. The van der Waals surface area contributed by atoms with Crippen LogP contribution in [0.1, 0.15) is 41.9 Å². The zero-order valence-corrected chi connectivity index (χ0v) is 15.5. The van der Waals surface area contributed by atoms with Crippen LogP contribution in [0.25, 0.3) is 16.7 Å². The number of hydrogen-bond acceptors (Lipinski definition) is 2. The summed E-state index contributed by atoms with van der Waals surface area (Å²) in [5, 5.41) is 19.8. The molecule has 0 saturated carbocycles. The lowest BCUT2D eigenvalue weighted by molar-refractivity contribution is 0.471. The van der Waals surface area contributed by atoms with Gasteiger partial charge in [0, 0.05) is 0 Å². The van der Waals surface area contributed by atoms with Crippen LogP contribution in [0.5, 0.6) is 11.5 Å². The molecular weight excluding hydrogens is 332 g/mol. The van der Waals surface area contributed by atoms with E-state index in [1.54, 1.807) is 12.1 Å². The van der Waals surface area contributed by atoms with E-state index in [0.717, 1.165) is 36.0 Å². The maximum Gasteiger partial charge on any atom is 0.119 e. The van der Waals surface area contributed by atoms with Gasteiger partial charge in [0.1, 0.15) is 11.5 Å². The van der Waals surface area contributed by atoms with Crippen LogP contribution in [0.2, 0.25) is 0 Å². The minimum atomic E-state index is 0.317.